The van der Waals surface area contributed by atoms with Crippen LogP contribution in [0.5, 0.6) is 5.75 Å². The van der Waals surface area contributed by atoms with Crippen molar-refractivity contribution in [2.24, 2.45) is 0 Å². The summed E-state index contributed by atoms with van der Waals surface area (Å²) in [5.41, 5.74) is 2.05. The predicted molar refractivity (Wildman–Crippen MR) is 115 cm³/mol. The third kappa shape index (κ3) is 5.48. The molecule has 0 aromatic heterocycles. The summed E-state index contributed by atoms with van der Waals surface area (Å²) in [6.45, 7) is 2.03. The maximum Gasteiger partial charge on any atom is 0.344 e. The van der Waals surface area contributed by atoms with E-state index in [9.17, 15) is 14.7 Å². The van der Waals surface area contributed by atoms with Crippen LogP contribution in [0.15, 0.2) is 83.8 Å². The quantitative estimate of drug-likeness (QED) is 0.389. The molecule has 0 heterocycles. The third-order valence-corrected chi connectivity index (χ3v) is 5.65. The molecule has 3 aromatic carbocycles. The molecule has 0 fully saturated rings. The summed E-state index contributed by atoms with van der Waals surface area (Å²) in [7, 11) is 0. The summed E-state index contributed by atoms with van der Waals surface area (Å²) in [5.74, 6) is -0.358. The van der Waals surface area contributed by atoms with Crippen molar-refractivity contribution in [2.45, 2.75) is 24.3 Å². The van der Waals surface area contributed by atoms with E-state index >= 15 is 0 Å². The minimum atomic E-state index is -1.04. The second kappa shape index (κ2) is 9.94. The number of benzene rings is 3. The van der Waals surface area contributed by atoms with Crippen LogP contribution in [0.2, 0.25) is 0 Å². The molecule has 29 heavy (non-hydrogen) atoms. The van der Waals surface area contributed by atoms with Gasteiger partial charge in [0.25, 0.3) is 0 Å². The lowest BCUT2D eigenvalue weighted by Gasteiger charge is -2.17. The zero-order valence-corrected chi connectivity index (χ0v) is 16.9. The molecule has 1 atom stereocenters. The number of rotatable bonds is 9. The number of carbonyl (C=O) groups is 2. The fraction of sp³-hybridized carbons (Fsp3) is 0.167. The van der Waals surface area contributed by atoms with E-state index in [0.29, 0.717) is 23.3 Å². The predicted octanol–water partition coefficient (Wildman–Crippen LogP) is 5.24. The van der Waals surface area contributed by atoms with Gasteiger partial charge in [0, 0.05) is 22.6 Å². The minimum Gasteiger partial charge on any atom is -0.479 e. The van der Waals surface area contributed by atoms with Crippen molar-refractivity contribution >= 4 is 23.5 Å². The molecule has 0 aliphatic heterocycles. The number of thioether (sulfide) groups is 1. The number of carboxylic acid groups (broad SMARTS) is 1. The van der Waals surface area contributed by atoms with Crippen molar-refractivity contribution in [1.29, 1.82) is 0 Å². The molecule has 0 amide bonds. The van der Waals surface area contributed by atoms with Gasteiger partial charge < -0.3 is 9.84 Å². The highest BCUT2D eigenvalue weighted by Crippen LogP contribution is 2.26. The monoisotopic (exact) mass is 406 g/mol. The first kappa shape index (κ1) is 20.7. The van der Waals surface area contributed by atoms with Gasteiger partial charge in [-0.3, -0.25) is 4.79 Å². The molecule has 0 aliphatic carbocycles. The number of carboxylic acids is 1. The Morgan fingerprint density at radius 2 is 1.59 bits per heavy atom. The van der Waals surface area contributed by atoms with Crippen molar-refractivity contribution in [3.05, 3.63) is 95.6 Å². The lowest BCUT2D eigenvalue weighted by atomic mass is 10.0. The van der Waals surface area contributed by atoms with Crippen LogP contribution < -0.4 is 4.74 Å². The molecular weight excluding hydrogens is 384 g/mol. The summed E-state index contributed by atoms with van der Waals surface area (Å²) in [6, 6.07) is 23.6. The van der Waals surface area contributed by atoms with Gasteiger partial charge in [0.05, 0.1) is 5.56 Å². The van der Waals surface area contributed by atoms with Crippen LogP contribution >= 0.6 is 11.8 Å². The third-order valence-electron chi connectivity index (χ3n) is 4.44. The van der Waals surface area contributed by atoms with Gasteiger partial charge in [-0.25, -0.2) is 4.79 Å². The maximum atomic E-state index is 12.8. The van der Waals surface area contributed by atoms with Crippen LogP contribution in [0.25, 0.3) is 0 Å². The van der Waals surface area contributed by atoms with Crippen molar-refractivity contribution in [3.8, 4) is 5.75 Å². The molecule has 4 nitrogen and oxygen atoms in total. The van der Waals surface area contributed by atoms with E-state index in [-0.39, 0.29) is 11.5 Å². The SMILES string of the molecule is Cc1ccccc1SCCC(Oc1ccccc1C(=O)c1ccccc1)C(=O)O. The summed E-state index contributed by atoms with van der Waals surface area (Å²) in [5, 5.41) is 9.61. The van der Waals surface area contributed by atoms with Crippen LogP contribution in [0.4, 0.5) is 0 Å². The largest absolute Gasteiger partial charge is 0.479 e. The second-order valence-electron chi connectivity index (χ2n) is 6.54. The minimum absolute atomic E-state index is 0.195. The molecule has 3 aromatic rings. The smallest absolute Gasteiger partial charge is 0.344 e. The van der Waals surface area contributed by atoms with E-state index in [1.54, 1.807) is 60.3 Å². The van der Waals surface area contributed by atoms with Gasteiger partial charge in [0.15, 0.2) is 11.9 Å². The van der Waals surface area contributed by atoms with E-state index in [4.69, 9.17) is 4.74 Å². The maximum absolute atomic E-state index is 12.8. The van der Waals surface area contributed by atoms with Crippen LogP contribution in [0, 0.1) is 6.92 Å². The fourth-order valence-electron chi connectivity index (χ4n) is 2.88. The molecule has 1 unspecified atom stereocenters. The van der Waals surface area contributed by atoms with E-state index in [2.05, 4.69) is 0 Å². The highest BCUT2D eigenvalue weighted by Gasteiger charge is 2.22. The summed E-state index contributed by atoms with van der Waals surface area (Å²) in [6.07, 6.45) is -0.710. The van der Waals surface area contributed by atoms with Crippen molar-refractivity contribution < 1.29 is 19.4 Å². The molecule has 5 heteroatoms. The number of carbonyl (C=O) groups excluding carboxylic acids is 1. The first-order chi connectivity index (χ1) is 14.1. The van der Waals surface area contributed by atoms with Crippen LogP contribution in [-0.4, -0.2) is 28.7 Å². The standard InChI is InChI=1S/C24H22O4S/c1-17-9-5-8-14-22(17)29-16-15-21(24(26)27)28-20-13-7-6-12-19(20)23(25)18-10-3-2-4-11-18/h2-14,21H,15-16H2,1H3,(H,26,27). The molecule has 0 spiro atoms. The van der Waals surface area contributed by atoms with E-state index in [0.717, 1.165) is 10.5 Å². The van der Waals surface area contributed by atoms with E-state index < -0.39 is 12.1 Å². The highest BCUT2D eigenvalue weighted by molar-refractivity contribution is 7.99. The number of hydrogen-bond acceptors (Lipinski definition) is 4. The molecule has 0 saturated carbocycles. The number of para-hydroxylation sites is 1. The van der Waals surface area contributed by atoms with Gasteiger partial charge in [0.1, 0.15) is 5.75 Å². The zero-order chi connectivity index (χ0) is 20.6. The first-order valence-electron chi connectivity index (χ1n) is 9.33. The molecule has 3 rings (SSSR count). The van der Waals surface area contributed by atoms with Gasteiger partial charge in [-0.15, -0.1) is 11.8 Å². The molecule has 148 valence electrons. The Morgan fingerprint density at radius 3 is 2.31 bits per heavy atom. The Bertz CT molecular complexity index is 985. The van der Waals surface area contributed by atoms with Crippen molar-refractivity contribution in [2.75, 3.05) is 5.75 Å². The topological polar surface area (TPSA) is 63.6 Å². The van der Waals surface area contributed by atoms with Crippen LogP contribution in [0.1, 0.15) is 27.9 Å². The normalized spacial score (nSPS) is 11.6. The average Bonchev–Trinajstić information content (AvgIpc) is 2.74. The Labute approximate surface area is 174 Å². The lowest BCUT2D eigenvalue weighted by molar-refractivity contribution is -0.145. The molecule has 1 N–H and O–H groups in total. The summed E-state index contributed by atoms with van der Waals surface area (Å²) >= 11 is 1.60. The number of aliphatic carboxylic acids is 1. The Hall–Kier alpha value is -3.05. The number of ether oxygens (including phenoxy) is 1. The van der Waals surface area contributed by atoms with E-state index in [1.165, 1.54) is 0 Å². The van der Waals surface area contributed by atoms with Gasteiger partial charge in [-0.05, 0) is 30.7 Å². The zero-order valence-electron chi connectivity index (χ0n) is 16.1. The van der Waals surface area contributed by atoms with Crippen molar-refractivity contribution in [1.82, 2.24) is 0 Å². The van der Waals surface area contributed by atoms with Gasteiger partial charge >= 0.3 is 5.97 Å². The van der Waals surface area contributed by atoms with Crippen molar-refractivity contribution in [3.63, 3.8) is 0 Å². The van der Waals surface area contributed by atoms with E-state index in [1.807, 2.05) is 37.3 Å². The Kier molecular flexibility index (Phi) is 7.09. The van der Waals surface area contributed by atoms with Crippen LogP contribution in [0.3, 0.4) is 0 Å². The molecule has 0 saturated heterocycles. The lowest BCUT2D eigenvalue weighted by Crippen LogP contribution is -2.28. The summed E-state index contributed by atoms with van der Waals surface area (Å²) in [4.78, 5) is 25.7. The Balaban J connectivity index is 1.72. The van der Waals surface area contributed by atoms with Gasteiger partial charge in [0.2, 0.25) is 0 Å². The number of hydrogen-bond donors (Lipinski definition) is 1. The molecule has 0 bridgehead atoms. The molecule has 0 aliphatic rings. The highest BCUT2D eigenvalue weighted by atomic mass is 32.2. The van der Waals surface area contributed by atoms with Gasteiger partial charge in [-0.2, -0.15) is 0 Å². The molecule has 0 radical (unpaired) electrons. The van der Waals surface area contributed by atoms with Crippen LogP contribution in [-0.2, 0) is 4.79 Å². The number of aryl methyl sites for hydroxylation is 1. The second-order valence-corrected chi connectivity index (χ2v) is 7.68. The number of ketones is 1. The first-order valence-corrected chi connectivity index (χ1v) is 10.3. The summed E-state index contributed by atoms with van der Waals surface area (Å²) < 4.78 is 5.78. The Morgan fingerprint density at radius 1 is 0.931 bits per heavy atom. The fourth-order valence-corrected chi connectivity index (χ4v) is 3.90. The average molecular weight is 407 g/mol. The van der Waals surface area contributed by atoms with Gasteiger partial charge in [-0.1, -0.05) is 60.7 Å². The molecular formula is C24H22O4S.